The summed E-state index contributed by atoms with van der Waals surface area (Å²) in [5, 5.41) is -0.0700. The van der Waals surface area contributed by atoms with Crippen LogP contribution in [0, 0.1) is 18.8 Å². The zero-order chi connectivity index (χ0) is 23.5. The lowest BCUT2D eigenvalue weighted by Crippen LogP contribution is -2.56. The molecule has 1 fully saturated rings. The average Bonchev–Trinajstić information content (AvgIpc) is 2.62. The molecule has 8 nitrogen and oxygen atoms in total. The second kappa shape index (κ2) is 9.70. The minimum Gasteiger partial charge on any atom is -0.409 e. The maximum absolute atomic E-state index is 12.2. The Morgan fingerprint density at radius 2 is 1.84 bits per heavy atom. The van der Waals surface area contributed by atoms with E-state index in [0.29, 0.717) is 0 Å². The summed E-state index contributed by atoms with van der Waals surface area (Å²) in [6.07, 6.45) is -0.453. The van der Waals surface area contributed by atoms with Crippen LogP contribution in [0.1, 0.15) is 32.8 Å². The Morgan fingerprint density at radius 1 is 1.23 bits per heavy atom. The lowest BCUT2D eigenvalue weighted by atomic mass is 10.2. The quantitative estimate of drug-likeness (QED) is 0.283. The molecule has 0 saturated carbocycles. The van der Waals surface area contributed by atoms with Crippen LogP contribution in [0.25, 0.3) is 0 Å². The van der Waals surface area contributed by atoms with E-state index in [0.717, 1.165) is 5.56 Å². The summed E-state index contributed by atoms with van der Waals surface area (Å²) in [7, 11) is -9.96. The van der Waals surface area contributed by atoms with Gasteiger partial charge in [-0.05, 0) is 37.2 Å². The number of benzene rings is 1. The van der Waals surface area contributed by atoms with Crippen molar-refractivity contribution in [1.29, 1.82) is 0 Å². The van der Waals surface area contributed by atoms with E-state index in [1.807, 2.05) is 6.92 Å². The fourth-order valence-electron chi connectivity index (χ4n) is 2.46. The molecule has 174 valence electrons. The third-order valence-corrected chi connectivity index (χ3v) is 12.1. The Morgan fingerprint density at radius 3 is 2.42 bits per heavy atom. The fraction of sp³-hybridized carbons (Fsp3) is 0.600. The normalized spacial score (nSPS) is 21.9. The number of aryl methyl sites for hydroxylation is 1. The average molecular weight is 490 g/mol. The zero-order valence-corrected chi connectivity index (χ0v) is 21.4. The van der Waals surface area contributed by atoms with Crippen LogP contribution in [0.5, 0.6) is 0 Å². The molecule has 0 unspecified atom stereocenters. The van der Waals surface area contributed by atoms with E-state index < -0.39 is 40.9 Å². The monoisotopic (exact) mass is 489 g/mol. The van der Waals surface area contributed by atoms with Crippen molar-refractivity contribution in [1.82, 2.24) is 4.72 Å². The molecule has 1 heterocycles. The number of rotatable bonds is 6. The third kappa shape index (κ3) is 7.39. The molecular weight excluding hydrogens is 458 g/mol. The van der Waals surface area contributed by atoms with Gasteiger partial charge in [0.05, 0.1) is 24.2 Å². The Bertz CT molecular complexity index is 1030. The first-order valence-electron chi connectivity index (χ1n) is 9.92. The van der Waals surface area contributed by atoms with Gasteiger partial charge in [-0.3, -0.25) is 8.37 Å². The smallest absolute Gasteiger partial charge is 0.337 e. The van der Waals surface area contributed by atoms with E-state index in [4.69, 9.17) is 12.8 Å². The molecule has 0 bridgehead atoms. The van der Waals surface area contributed by atoms with E-state index >= 15 is 0 Å². The SMILES string of the molecule is Cc1ccc(S(=O)(=O)OCCC#C[C@@H]2NS(=O)(=O)OC[C@H]2O[Si](C)(C)C(C)(C)C)cc1. The Balaban J connectivity index is 2.02. The predicted octanol–water partition coefficient (Wildman–Crippen LogP) is 2.72. The molecule has 1 N–H and O–H groups in total. The molecule has 2 rings (SSSR count). The van der Waals surface area contributed by atoms with Crippen LogP contribution < -0.4 is 4.72 Å². The molecule has 0 radical (unpaired) electrons. The highest BCUT2D eigenvalue weighted by Gasteiger charge is 2.43. The maximum Gasteiger partial charge on any atom is 0.337 e. The van der Waals surface area contributed by atoms with Gasteiger partial charge in [0.15, 0.2) is 8.32 Å². The van der Waals surface area contributed by atoms with Gasteiger partial charge in [0, 0.05) is 6.42 Å². The highest BCUT2D eigenvalue weighted by atomic mass is 32.2. The standard InChI is InChI=1S/C20H31NO7S2Si/c1-16-10-12-17(13-11-16)29(22,23)26-14-8-7-9-18-19(15-27-30(24,25)21-18)28-31(5,6)20(2,3)4/h10-13,18-19,21H,8,14-15H2,1-6H3/t18-,19+/m0/s1. The zero-order valence-electron chi connectivity index (χ0n) is 18.8. The molecule has 1 aliphatic heterocycles. The number of nitrogens with one attached hydrogen (secondary N) is 1. The molecule has 2 atom stereocenters. The summed E-state index contributed by atoms with van der Waals surface area (Å²) < 4.78 is 66.6. The van der Waals surface area contributed by atoms with Crippen LogP contribution in [0.4, 0.5) is 0 Å². The van der Waals surface area contributed by atoms with Gasteiger partial charge < -0.3 is 4.43 Å². The lowest BCUT2D eigenvalue weighted by molar-refractivity contribution is 0.0867. The van der Waals surface area contributed by atoms with Crippen LogP contribution in [0.3, 0.4) is 0 Å². The van der Waals surface area contributed by atoms with Crippen molar-refractivity contribution in [2.75, 3.05) is 13.2 Å². The fourth-order valence-corrected chi connectivity index (χ4v) is 5.58. The van der Waals surface area contributed by atoms with Gasteiger partial charge in [-0.1, -0.05) is 50.3 Å². The summed E-state index contributed by atoms with van der Waals surface area (Å²) in [4.78, 5) is 0.0751. The van der Waals surface area contributed by atoms with E-state index in [9.17, 15) is 16.8 Å². The molecule has 1 saturated heterocycles. The summed E-state index contributed by atoms with van der Waals surface area (Å²) in [6.45, 7) is 12.0. The summed E-state index contributed by atoms with van der Waals surface area (Å²) in [6, 6.07) is 5.55. The number of hydrogen-bond donors (Lipinski definition) is 1. The van der Waals surface area contributed by atoms with Gasteiger partial charge in [-0.25, -0.2) is 0 Å². The van der Waals surface area contributed by atoms with Crippen LogP contribution in [0.15, 0.2) is 29.2 Å². The van der Waals surface area contributed by atoms with Gasteiger partial charge in [0.25, 0.3) is 10.1 Å². The first-order chi connectivity index (χ1) is 14.1. The lowest BCUT2D eigenvalue weighted by Gasteiger charge is -2.41. The van der Waals surface area contributed by atoms with E-state index in [1.54, 1.807) is 12.1 Å². The second-order valence-corrected chi connectivity index (χ2v) is 16.7. The summed E-state index contributed by atoms with van der Waals surface area (Å²) in [5.41, 5.74) is 0.943. The molecule has 1 aromatic rings. The van der Waals surface area contributed by atoms with Gasteiger partial charge in [-0.15, -0.1) is 0 Å². The van der Waals surface area contributed by atoms with Crippen LogP contribution >= 0.6 is 0 Å². The van der Waals surface area contributed by atoms with Crippen molar-refractivity contribution in [2.45, 2.75) is 69.3 Å². The summed E-state index contributed by atoms with van der Waals surface area (Å²) in [5.74, 6) is 5.63. The van der Waals surface area contributed by atoms with E-state index in [-0.39, 0.29) is 29.6 Å². The Kier molecular flexibility index (Phi) is 8.13. The summed E-state index contributed by atoms with van der Waals surface area (Å²) >= 11 is 0. The number of hydrogen-bond acceptors (Lipinski definition) is 7. The molecule has 0 spiro atoms. The molecular formula is C20H31NO7S2Si. The van der Waals surface area contributed by atoms with E-state index in [1.165, 1.54) is 12.1 Å². The molecule has 11 heteroatoms. The molecule has 0 aliphatic carbocycles. The molecule has 31 heavy (non-hydrogen) atoms. The van der Waals surface area contributed by atoms with Crippen LogP contribution in [-0.4, -0.2) is 50.5 Å². The van der Waals surface area contributed by atoms with Gasteiger partial charge in [-0.2, -0.15) is 21.6 Å². The molecule has 1 aromatic carbocycles. The largest absolute Gasteiger partial charge is 0.409 e. The Hall–Kier alpha value is -1.26. The first kappa shape index (κ1) is 26.0. The topological polar surface area (TPSA) is 108 Å². The van der Waals surface area contributed by atoms with E-state index in [2.05, 4.69) is 50.4 Å². The molecule has 0 amide bonds. The van der Waals surface area contributed by atoms with Crippen molar-refractivity contribution >= 4 is 28.7 Å². The van der Waals surface area contributed by atoms with Crippen molar-refractivity contribution in [2.24, 2.45) is 0 Å². The molecule has 1 aliphatic rings. The van der Waals surface area contributed by atoms with Crippen molar-refractivity contribution in [3.05, 3.63) is 29.8 Å². The molecule has 0 aromatic heterocycles. The minimum absolute atomic E-state index is 0.0700. The van der Waals surface area contributed by atoms with Gasteiger partial charge in [0.2, 0.25) is 0 Å². The van der Waals surface area contributed by atoms with Crippen molar-refractivity contribution in [3.8, 4) is 11.8 Å². The Labute approximate surface area is 187 Å². The first-order valence-corrected chi connectivity index (χ1v) is 15.6. The maximum atomic E-state index is 12.2. The van der Waals surface area contributed by atoms with Crippen molar-refractivity contribution < 1.29 is 29.6 Å². The predicted molar refractivity (Wildman–Crippen MR) is 121 cm³/mol. The van der Waals surface area contributed by atoms with Gasteiger partial charge in [0.1, 0.15) is 6.04 Å². The van der Waals surface area contributed by atoms with Crippen LogP contribution in [0.2, 0.25) is 18.1 Å². The highest BCUT2D eigenvalue weighted by Crippen LogP contribution is 2.38. The third-order valence-electron chi connectivity index (χ3n) is 5.32. The minimum atomic E-state index is -3.91. The second-order valence-electron chi connectivity index (χ2n) is 8.91. The van der Waals surface area contributed by atoms with Gasteiger partial charge >= 0.3 is 10.3 Å². The highest BCUT2D eigenvalue weighted by molar-refractivity contribution is 7.86. The van der Waals surface area contributed by atoms with Crippen LogP contribution in [-0.2, 0) is 33.2 Å². The van der Waals surface area contributed by atoms with Crippen molar-refractivity contribution in [3.63, 3.8) is 0 Å².